The molecule has 1 aliphatic rings. The highest BCUT2D eigenvalue weighted by atomic mass is 16.4. The van der Waals surface area contributed by atoms with Crippen molar-refractivity contribution in [3.63, 3.8) is 0 Å². The smallest absolute Gasteiger partial charge is 0.314 e. The fraction of sp³-hybridized carbons (Fsp3) is 0.500. The maximum atomic E-state index is 11.5. The van der Waals surface area contributed by atoms with Crippen molar-refractivity contribution in [2.45, 2.75) is 37.2 Å². The van der Waals surface area contributed by atoms with Crippen molar-refractivity contribution in [2.75, 3.05) is 6.61 Å². The van der Waals surface area contributed by atoms with Crippen LogP contribution in [0.25, 0.3) is 0 Å². The van der Waals surface area contributed by atoms with Gasteiger partial charge in [0.15, 0.2) is 0 Å². The SMILES string of the molecule is O=C(O)C1(c2ccc(C(O)CO)cc2)CCCC1. The molecule has 2 rings (SSSR count). The van der Waals surface area contributed by atoms with Gasteiger partial charge in [-0.05, 0) is 24.0 Å². The molecular weight excluding hydrogens is 232 g/mol. The maximum absolute atomic E-state index is 11.5. The van der Waals surface area contributed by atoms with E-state index in [0.717, 1.165) is 18.4 Å². The van der Waals surface area contributed by atoms with Gasteiger partial charge in [-0.15, -0.1) is 0 Å². The largest absolute Gasteiger partial charge is 0.481 e. The molecular formula is C14H18O4. The molecule has 1 aromatic rings. The van der Waals surface area contributed by atoms with Crippen LogP contribution in [-0.4, -0.2) is 27.9 Å². The van der Waals surface area contributed by atoms with E-state index in [4.69, 9.17) is 5.11 Å². The Kier molecular flexibility index (Phi) is 3.68. The Morgan fingerprint density at radius 2 is 1.78 bits per heavy atom. The van der Waals surface area contributed by atoms with Gasteiger partial charge in [0, 0.05) is 0 Å². The van der Waals surface area contributed by atoms with Crippen LogP contribution in [-0.2, 0) is 10.2 Å². The van der Waals surface area contributed by atoms with Crippen molar-refractivity contribution in [1.29, 1.82) is 0 Å². The number of hydrogen-bond donors (Lipinski definition) is 3. The van der Waals surface area contributed by atoms with Gasteiger partial charge in [0.1, 0.15) is 6.10 Å². The van der Waals surface area contributed by atoms with Crippen LogP contribution in [0.4, 0.5) is 0 Å². The number of carbonyl (C=O) groups is 1. The average molecular weight is 250 g/mol. The Balaban J connectivity index is 2.30. The molecule has 1 atom stereocenters. The molecule has 1 aliphatic carbocycles. The number of aliphatic hydroxyl groups is 2. The van der Waals surface area contributed by atoms with Gasteiger partial charge in [-0.25, -0.2) is 0 Å². The molecule has 18 heavy (non-hydrogen) atoms. The highest BCUT2D eigenvalue weighted by molar-refractivity contribution is 5.81. The molecule has 0 radical (unpaired) electrons. The van der Waals surface area contributed by atoms with Gasteiger partial charge in [0.2, 0.25) is 0 Å². The van der Waals surface area contributed by atoms with Crippen LogP contribution in [0.2, 0.25) is 0 Å². The Hall–Kier alpha value is -1.39. The zero-order chi connectivity index (χ0) is 13.2. The Bertz CT molecular complexity index is 418. The molecule has 4 heteroatoms. The highest BCUT2D eigenvalue weighted by Gasteiger charge is 2.42. The third-order valence-electron chi connectivity index (χ3n) is 3.89. The van der Waals surface area contributed by atoms with Crippen LogP contribution in [0.1, 0.15) is 42.9 Å². The molecule has 4 nitrogen and oxygen atoms in total. The molecule has 0 amide bonds. The molecule has 1 fully saturated rings. The molecule has 1 unspecified atom stereocenters. The monoisotopic (exact) mass is 250 g/mol. The number of rotatable bonds is 4. The lowest BCUT2D eigenvalue weighted by atomic mass is 9.78. The predicted octanol–water partition coefficient (Wildman–Crippen LogP) is 1.61. The van der Waals surface area contributed by atoms with E-state index >= 15 is 0 Å². The molecule has 3 N–H and O–H groups in total. The van der Waals surface area contributed by atoms with E-state index in [2.05, 4.69) is 0 Å². The van der Waals surface area contributed by atoms with Crippen LogP contribution >= 0.6 is 0 Å². The third kappa shape index (κ3) is 2.13. The molecule has 0 aliphatic heterocycles. The number of aliphatic carboxylic acids is 1. The first-order chi connectivity index (χ1) is 8.60. The number of hydrogen-bond acceptors (Lipinski definition) is 3. The summed E-state index contributed by atoms with van der Waals surface area (Å²) in [7, 11) is 0. The van der Waals surface area contributed by atoms with E-state index < -0.39 is 17.5 Å². The summed E-state index contributed by atoms with van der Waals surface area (Å²) in [4.78, 5) is 11.5. The fourth-order valence-electron chi connectivity index (χ4n) is 2.73. The van der Waals surface area contributed by atoms with Crippen LogP contribution < -0.4 is 0 Å². The minimum atomic E-state index is -0.900. The molecule has 1 aromatic carbocycles. The lowest BCUT2D eigenvalue weighted by molar-refractivity contribution is -0.143. The van der Waals surface area contributed by atoms with Crippen LogP contribution in [0.5, 0.6) is 0 Å². The first-order valence-corrected chi connectivity index (χ1v) is 6.23. The van der Waals surface area contributed by atoms with Gasteiger partial charge in [0.05, 0.1) is 12.0 Å². The molecule has 0 spiro atoms. The molecule has 0 saturated heterocycles. The van der Waals surface area contributed by atoms with Gasteiger partial charge in [-0.3, -0.25) is 4.79 Å². The highest BCUT2D eigenvalue weighted by Crippen LogP contribution is 2.41. The quantitative estimate of drug-likeness (QED) is 0.758. The topological polar surface area (TPSA) is 77.8 Å². The summed E-state index contributed by atoms with van der Waals surface area (Å²) in [5, 5.41) is 27.8. The van der Waals surface area contributed by atoms with Gasteiger partial charge in [-0.1, -0.05) is 37.1 Å². The second-order valence-electron chi connectivity index (χ2n) is 4.91. The minimum absolute atomic E-state index is 0.330. The lowest BCUT2D eigenvalue weighted by Crippen LogP contribution is -2.32. The van der Waals surface area contributed by atoms with Gasteiger partial charge < -0.3 is 15.3 Å². The van der Waals surface area contributed by atoms with Crippen molar-refractivity contribution in [3.05, 3.63) is 35.4 Å². The zero-order valence-corrected chi connectivity index (χ0v) is 10.2. The summed E-state index contributed by atoms with van der Waals surface area (Å²) in [5.41, 5.74) is 0.643. The van der Waals surface area contributed by atoms with Crippen LogP contribution in [0.15, 0.2) is 24.3 Å². The number of carboxylic acid groups (broad SMARTS) is 1. The van der Waals surface area contributed by atoms with E-state index in [1.165, 1.54) is 0 Å². The summed E-state index contributed by atoms with van der Waals surface area (Å²) in [6.07, 6.45) is 2.32. The van der Waals surface area contributed by atoms with E-state index in [1.807, 2.05) is 0 Å². The summed E-state index contributed by atoms with van der Waals surface area (Å²) in [5.74, 6) is -0.768. The Labute approximate surface area is 106 Å². The normalized spacial score (nSPS) is 19.7. The minimum Gasteiger partial charge on any atom is -0.481 e. The van der Waals surface area contributed by atoms with E-state index in [-0.39, 0.29) is 6.61 Å². The van der Waals surface area contributed by atoms with E-state index in [9.17, 15) is 15.0 Å². The predicted molar refractivity (Wildman–Crippen MR) is 66.3 cm³/mol. The molecule has 1 saturated carbocycles. The van der Waals surface area contributed by atoms with Crippen LogP contribution in [0.3, 0.4) is 0 Å². The van der Waals surface area contributed by atoms with Crippen molar-refractivity contribution in [1.82, 2.24) is 0 Å². The van der Waals surface area contributed by atoms with Gasteiger partial charge >= 0.3 is 5.97 Å². The molecule has 0 aromatic heterocycles. The molecule has 0 bridgehead atoms. The summed E-state index contributed by atoms with van der Waals surface area (Å²) >= 11 is 0. The zero-order valence-electron chi connectivity index (χ0n) is 10.2. The molecule has 0 heterocycles. The van der Waals surface area contributed by atoms with Crippen molar-refractivity contribution >= 4 is 5.97 Å². The van der Waals surface area contributed by atoms with E-state index in [1.54, 1.807) is 24.3 Å². The Morgan fingerprint density at radius 3 is 2.22 bits per heavy atom. The maximum Gasteiger partial charge on any atom is 0.314 e. The van der Waals surface area contributed by atoms with E-state index in [0.29, 0.717) is 18.4 Å². The first-order valence-electron chi connectivity index (χ1n) is 6.23. The number of benzene rings is 1. The average Bonchev–Trinajstić information content (AvgIpc) is 2.88. The lowest BCUT2D eigenvalue weighted by Gasteiger charge is -2.24. The Morgan fingerprint density at radius 1 is 1.22 bits per heavy atom. The van der Waals surface area contributed by atoms with Crippen LogP contribution in [0, 0.1) is 0 Å². The number of aliphatic hydroxyl groups excluding tert-OH is 2. The van der Waals surface area contributed by atoms with Crippen molar-refractivity contribution in [2.24, 2.45) is 0 Å². The summed E-state index contributed by atoms with van der Waals surface area (Å²) in [6, 6.07) is 6.90. The van der Waals surface area contributed by atoms with Crippen molar-refractivity contribution < 1.29 is 20.1 Å². The van der Waals surface area contributed by atoms with Gasteiger partial charge in [-0.2, -0.15) is 0 Å². The fourth-order valence-corrected chi connectivity index (χ4v) is 2.73. The summed E-state index contributed by atoms with van der Waals surface area (Å²) in [6.45, 7) is -0.330. The third-order valence-corrected chi connectivity index (χ3v) is 3.89. The van der Waals surface area contributed by atoms with Crippen molar-refractivity contribution in [3.8, 4) is 0 Å². The molecule has 98 valence electrons. The standard InChI is InChI=1S/C14H18O4/c15-9-12(16)10-3-5-11(6-4-10)14(13(17)18)7-1-2-8-14/h3-6,12,15-16H,1-2,7-9H2,(H,17,18). The second kappa shape index (κ2) is 5.08. The first kappa shape index (κ1) is 13.1. The van der Waals surface area contributed by atoms with Gasteiger partial charge in [0.25, 0.3) is 0 Å². The second-order valence-corrected chi connectivity index (χ2v) is 4.91. The number of carboxylic acids is 1. The summed E-state index contributed by atoms with van der Waals surface area (Å²) < 4.78 is 0.